The third-order valence-electron chi connectivity index (χ3n) is 6.43. The number of hydrogen-bond acceptors (Lipinski definition) is 3. The van der Waals surface area contributed by atoms with Gasteiger partial charge in [0.15, 0.2) is 6.61 Å². The number of para-hydroxylation sites is 1. The van der Waals surface area contributed by atoms with Crippen molar-refractivity contribution in [2.24, 2.45) is 17.3 Å². The molecule has 1 aromatic rings. The van der Waals surface area contributed by atoms with E-state index in [1.165, 1.54) is 6.42 Å². The van der Waals surface area contributed by atoms with Gasteiger partial charge in [-0.1, -0.05) is 18.2 Å². The Morgan fingerprint density at radius 2 is 1.81 bits per heavy atom. The van der Waals surface area contributed by atoms with Gasteiger partial charge >= 0.3 is 5.97 Å². The first kappa shape index (κ1) is 17.8. The van der Waals surface area contributed by atoms with E-state index in [1.807, 2.05) is 37.3 Å². The number of nitrogens with zero attached hydrogens (tertiary/aromatic N) is 1. The van der Waals surface area contributed by atoms with Crippen LogP contribution < -0.4 is 4.90 Å². The smallest absolute Gasteiger partial charge is 0.312 e. The molecule has 0 aromatic heterocycles. The van der Waals surface area contributed by atoms with Gasteiger partial charge in [0.1, 0.15) is 0 Å². The summed E-state index contributed by atoms with van der Waals surface area (Å²) in [7, 11) is 0. The zero-order valence-corrected chi connectivity index (χ0v) is 16.0. The standard InChI is InChI=1S/C21H26ClNO3/c1-2-23(17-6-4-3-5-7-17)18(24)13-26-19(25)20-9-15-8-16(10-20)12-21(22,11-15)14-20/h3-7,15-16H,2,8-14H2,1H3/t15-,16+,20?,21?. The summed E-state index contributed by atoms with van der Waals surface area (Å²) in [6.07, 6.45) is 5.70. The second kappa shape index (κ2) is 6.56. The number of halogens is 1. The molecule has 5 heteroatoms. The molecule has 5 rings (SSSR count). The average Bonchev–Trinajstić information content (AvgIpc) is 2.59. The first-order valence-electron chi connectivity index (χ1n) is 9.65. The lowest BCUT2D eigenvalue weighted by Crippen LogP contribution is -2.56. The van der Waals surface area contributed by atoms with E-state index in [0.29, 0.717) is 24.8 Å². The summed E-state index contributed by atoms with van der Waals surface area (Å²) < 4.78 is 5.55. The Morgan fingerprint density at radius 3 is 2.38 bits per heavy atom. The van der Waals surface area contributed by atoms with Crippen molar-refractivity contribution >= 4 is 29.2 Å². The van der Waals surface area contributed by atoms with Crippen molar-refractivity contribution < 1.29 is 14.3 Å². The molecule has 4 bridgehead atoms. The van der Waals surface area contributed by atoms with Crippen molar-refractivity contribution in [1.29, 1.82) is 0 Å². The predicted octanol–water partition coefficient (Wildman–Crippen LogP) is 4.16. The van der Waals surface area contributed by atoms with Crippen molar-refractivity contribution in [3.63, 3.8) is 0 Å². The molecule has 2 unspecified atom stereocenters. The summed E-state index contributed by atoms with van der Waals surface area (Å²) in [5, 5.41) is 0. The number of esters is 1. The number of benzene rings is 1. The van der Waals surface area contributed by atoms with E-state index in [2.05, 4.69) is 0 Å². The number of alkyl halides is 1. The van der Waals surface area contributed by atoms with Gasteiger partial charge in [0.25, 0.3) is 5.91 Å². The van der Waals surface area contributed by atoms with Gasteiger partial charge in [0, 0.05) is 17.1 Å². The summed E-state index contributed by atoms with van der Waals surface area (Å²) in [5.41, 5.74) is 0.362. The van der Waals surface area contributed by atoms with Crippen LogP contribution in [0.2, 0.25) is 0 Å². The van der Waals surface area contributed by atoms with Crippen LogP contribution in [0.25, 0.3) is 0 Å². The Balaban J connectivity index is 1.42. The monoisotopic (exact) mass is 375 g/mol. The van der Waals surface area contributed by atoms with E-state index in [1.54, 1.807) is 4.90 Å². The van der Waals surface area contributed by atoms with Crippen molar-refractivity contribution in [1.82, 2.24) is 0 Å². The van der Waals surface area contributed by atoms with Crippen LogP contribution in [-0.4, -0.2) is 29.9 Å². The molecule has 1 amide bonds. The van der Waals surface area contributed by atoms with Crippen molar-refractivity contribution in [2.45, 2.75) is 50.3 Å². The highest BCUT2D eigenvalue weighted by molar-refractivity contribution is 6.24. The third-order valence-corrected chi connectivity index (χ3v) is 6.88. The number of hydrogen-bond donors (Lipinski definition) is 0. The van der Waals surface area contributed by atoms with Gasteiger partial charge in [0.05, 0.1) is 5.41 Å². The minimum absolute atomic E-state index is 0.183. The fourth-order valence-corrected chi connectivity index (χ4v) is 6.55. The second-order valence-electron chi connectivity index (χ2n) is 8.44. The lowest BCUT2D eigenvalue weighted by atomic mass is 9.49. The SMILES string of the molecule is CCN(C(=O)COC(=O)C12C[C@@H]3C[C@@H](CC(Cl)(C3)C1)C2)c1ccccc1. The lowest BCUT2D eigenvalue weighted by molar-refractivity contribution is -0.171. The van der Waals surface area contributed by atoms with Crippen LogP contribution in [0.5, 0.6) is 0 Å². The summed E-state index contributed by atoms with van der Waals surface area (Å²) in [6, 6.07) is 9.48. The fraction of sp³-hybridized carbons (Fsp3) is 0.619. The van der Waals surface area contributed by atoms with E-state index >= 15 is 0 Å². The quantitative estimate of drug-likeness (QED) is 0.573. The summed E-state index contributed by atoms with van der Waals surface area (Å²) in [6.45, 7) is 2.26. The molecule has 4 aliphatic rings. The van der Waals surface area contributed by atoms with Gasteiger partial charge in [0.2, 0.25) is 0 Å². The van der Waals surface area contributed by atoms with E-state index in [0.717, 1.165) is 31.4 Å². The molecule has 4 aliphatic carbocycles. The molecule has 4 nitrogen and oxygen atoms in total. The Kier molecular flexibility index (Phi) is 4.50. The van der Waals surface area contributed by atoms with E-state index in [-0.39, 0.29) is 23.4 Å². The van der Waals surface area contributed by atoms with Crippen LogP contribution in [0.1, 0.15) is 45.4 Å². The Labute approximate surface area is 159 Å². The third kappa shape index (κ3) is 3.13. The first-order valence-corrected chi connectivity index (χ1v) is 10.0. The minimum atomic E-state index is -0.462. The molecule has 4 saturated carbocycles. The highest BCUT2D eigenvalue weighted by Gasteiger charge is 2.60. The number of likely N-dealkylation sites (N-methyl/N-ethyl adjacent to an activating group) is 1. The average molecular weight is 376 g/mol. The second-order valence-corrected chi connectivity index (χ2v) is 9.24. The Morgan fingerprint density at radius 1 is 1.15 bits per heavy atom. The van der Waals surface area contributed by atoms with Crippen LogP contribution >= 0.6 is 11.6 Å². The summed E-state index contributed by atoms with van der Waals surface area (Å²) in [4.78, 5) is 27.0. The molecule has 1 aromatic carbocycles. The number of anilines is 1. The van der Waals surface area contributed by atoms with Crippen LogP contribution in [0, 0.1) is 17.3 Å². The molecule has 0 radical (unpaired) electrons. The van der Waals surface area contributed by atoms with Crippen LogP contribution in [0.15, 0.2) is 30.3 Å². The van der Waals surface area contributed by atoms with Crippen LogP contribution in [-0.2, 0) is 14.3 Å². The molecule has 4 atom stereocenters. The summed E-state index contributed by atoms with van der Waals surface area (Å²) in [5.74, 6) is 0.674. The molecular formula is C21H26ClNO3. The van der Waals surface area contributed by atoms with Gasteiger partial charge < -0.3 is 9.64 Å². The molecular weight excluding hydrogens is 350 g/mol. The largest absolute Gasteiger partial charge is 0.455 e. The predicted molar refractivity (Wildman–Crippen MR) is 101 cm³/mol. The Bertz CT molecular complexity index is 690. The highest BCUT2D eigenvalue weighted by Crippen LogP contribution is 2.64. The van der Waals surface area contributed by atoms with E-state index in [4.69, 9.17) is 16.3 Å². The number of ether oxygens (including phenoxy) is 1. The van der Waals surface area contributed by atoms with Gasteiger partial charge in [-0.25, -0.2) is 0 Å². The lowest BCUT2D eigenvalue weighted by Gasteiger charge is -2.58. The number of carbonyl (C=O) groups excluding carboxylic acids is 2. The molecule has 4 fully saturated rings. The molecule has 0 saturated heterocycles. The molecule has 0 aliphatic heterocycles. The maximum atomic E-state index is 12.9. The van der Waals surface area contributed by atoms with Gasteiger partial charge in [-0.05, 0) is 69.4 Å². The Hall–Kier alpha value is -1.55. The first-order chi connectivity index (χ1) is 12.4. The number of rotatable bonds is 5. The zero-order chi connectivity index (χ0) is 18.4. The topological polar surface area (TPSA) is 46.6 Å². The highest BCUT2D eigenvalue weighted by atomic mass is 35.5. The van der Waals surface area contributed by atoms with Crippen LogP contribution in [0.3, 0.4) is 0 Å². The zero-order valence-electron chi connectivity index (χ0n) is 15.2. The fourth-order valence-electron chi connectivity index (χ4n) is 5.86. The molecule has 26 heavy (non-hydrogen) atoms. The van der Waals surface area contributed by atoms with Gasteiger partial charge in [-0.15, -0.1) is 11.6 Å². The maximum Gasteiger partial charge on any atom is 0.312 e. The van der Waals surface area contributed by atoms with E-state index < -0.39 is 5.41 Å². The molecule has 140 valence electrons. The number of carbonyl (C=O) groups is 2. The molecule has 0 heterocycles. The molecule has 0 spiro atoms. The van der Waals surface area contributed by atoms with Gasteiger partial charge in [-0.2, -0.15) is 0 Å². The number of amides is 1. The van der Waals surface area contributed by atoms with Crippen molar-refractivity contribution in [3.8, 4) is 0 Å². The van der Waals surface area contributed by atoms with Crippen molar-refractivity contribution in [2.75, 3.05) is 18.1 Å². The summed E-state index contributed by atoms with van der Waals surface area (Å²) >= 11 is 6.80. The normalized spacial score (nSPS) is 34.5. The van der Waals surface area contributed by atoms with E-state index in [9.17, 15) is 9.59 Å². The molecule has 0 N–H and O–H groups in total. The van der Waals surface area contributed by atoms with Crippen LogP contribution in [0.4, 0.5) is 5.69 Å². The minimum Gasteiger partial charge on any atom is -0.455 e. The van der Waals surface area contributed by atoms with Crippen molar-refractivity contribution in [3.05, 3.63) is 30.3 Å². The van der Waals surface area contributed by atoms with Gasteiger partial charge in [-0.3, -0.25) is 9.59 Å². The maximum absolute atomic E-state index is 12.9.